The van der Waals surface area contributed by atoms with Crippen LogP contribution in [0.25, 0.3) is 0 Å². The number of piperidine rings is 2. The molecule has 0 radical (unpaired) electrons. The Kier molecular flexibility index (Phi) is 5.56. The van der Waals surface area contributed by atoms with Crippen LogP contribution in [0.1, 0.15) is 38.5 Å². The first-order valence-corrected chi connectivity index (χ1v) is 10.3. The van der Waals surface area contributed by atoms with Gasteiger partial charge in [0.05, 0.1) is 4.90 Å². The van der Waals surface area contributed by atoms with Crippen molar-refractivity contribution in [2.24, 2.45) is 5.92 Å². The van der Waals surface area contributed by atoms with Crippen LogP contribution in [0.4, 0.5) is 0 Å². The van der Waals surface area contributed by atoms with Crippen molar-refractivity contribution in [3.8, 4) is 0 Å². The zero-order chi connectivity index (χ0) is 17.0. The summed E-state index contributed by atoms with van der Waals surface area (Å²) >= 11 is 0. The minimum Gasteiger partial charge on any atom is -0.343 e. The van der Waals surface area contributed by atoms with Gasteiger partial charge in [0.1, 0.15) is 0 Å². The molecule has 1 aromatic carbocycles. The quantitative estimate of drug-likeness (QED) is 0.838. The largest absolute Gasteiger partial charge is 0.343 e. The van der Waals surface area contributed by atoms with Gasteiger partial charge in [0.15, 0.2) is 0 Å². The van der Waals surface area contributed by atoms with E-state index in [-0.39, 0.29) is 5.91 Å². The lowest BCUT2D eigenvalue weighted by Crippen LogP contribution is -2.41. The van der Waals surface area contributed by atoms with E-state index in [4.69, 9.17) is 0 Å². The van der Waals surface area contributed by atoms with E-state index in [0.29, 0.717) is 30.3 Å². The predicted octanol–water partition coefficient (Wildman–Crippen LogP) is 2.49. The van der Waals surface area contributed by atoms with E-state index in [2.05, 4.69) is 0 Å². The number of likely N-dealkylation sites (tertiary alicyclic amines) is 1. The standard InChI is InChI=1S/C18H26N2O3S/c21-18(19-11-5-2-6-12-19)15-16-9-13-20(14-10-16)24(22,23)17-7-3-1-4-8-17/h1,3-4,7-8,16H,2,5-6,9-15H2. The highest BCUT2D eigenvalue weighted by Crippen LogP contribution is 2.26. The van der Waals surface area contributed by atoms with Crippen LogP contribution in [-0.4, -0.2) is 49.7 Å². The van der Waals surface area contributed by atoms with E-state index in [1.807, 2.05) is 11.0 Å². The molecular weight excluding hydrogens is 324 g/mol. The van der Waals surface area contributed by atoms with Crippen LogP contribution in [-0.2, 0) is 14.8 Å². The first-order valence-electron chi connectivity index (χ1n) is 8.90. The average Bonchev–Trinajstić information content (AvgIpc) is 2.63. The van der Waals surface area contributed by atoms with Gasteiger partial charge in [-0.3, -0.25) is 4.79 Å². The summed E-state index contributed by atoms with van der Waals surface area (Å²) in [6.07, 6.45) is 5.55. The Bertz CT molecular complexity index is 646. The average molecular weight is 350 g/mol. The highest BCUT2D eigenvalue weighted by Gasteiger charge is 2.30. The fourth-order valence-electron chi connectivity index (χ4n) is 3.61. The van der Waals surface area contributed by atoms with Crippen LogP contribution < -0.4 is 0 Å². The van der Waals surface area contributed by atoms with Gasteiger partial charge in [0.25, 0.3) is 0 Å². The van der Waals surface area contributed by atoms with Crippen molar-refractivity contribution < 1.29 is 13.2 Å². The summed E-state index contributed by atoms with van der Waals surface area (Å²) in [5.74, 6) is 0.556. The molecule has 0 aromatic heterocycles. The number of amides is 1. The maximum atomic E-state index is 12.6. The van der Waals surface area contributed by atoms with Gasteiger partial charge in [-0.2, -0.15) is 4.31 Å². The van der Waals surface area contributed by atoms with Crippen molar-refractivity contribution in [1.82, 2.24) is 9.21 Å². The molecule has 3 rings (SSSR count). The Labute approximate surface area is 144 Å². The van der Waals surface area contributed by atoms with Gasteiger partial charge in [0, 0.05) is 32.6 Å². The lowest BCUT2D eigenvalue weighted by molar-refractivity contribution is -0.133. The third-order valence-electron chi connectivity index (χ3n) is 5.13. The van der Waals surface area contributed by atoms with Crippen LogP contribution in [0.15, 0.2) is 35.2 Å². The van der Waals surface area contributed by atoms with Crippen molar-refractivity contribution in [3.63, 3.8) is 0 Å². The second-order valence-electron chi connectivity index (χ2n) is 6.81. The van der Waals surface area contributed by atoms with Crippen molar-refractivity contribution in [2.75, 3.05) is 26.2 Å². The highest BCUT2D eigenvalue weighted by atomic mass is 32.2. The van der Waals surface area contributed by atoms with Crippen LogP contribution in [0.2, 0.25) is 0 Å². The summed E-state index contributed by atoms with van der Waals surface area (Å²) in [7, 11) is -3.40. The first-order chi connectivity index (χ1) is 11.6. The zero-order valence-corrected chi connectivity index (χ0v) is 14.9. The molecule has 0 N–H and O–H groups in total. The molecule has 0 atom stereocenters. The zero-order valence-electron chi connectivity index (χ0n) is 14.1. The number of rotatable bonds is 4. The minimum atomic E-state index is -3.40. The summed E-state index contributed by atoms with van der Waals surface area (Å²) in [6, 6.07) is 8.59. The smallest absolute Gasteiger partial charge is 0.243 e. The Morgan fingerprint density at radius 3 is 2.21 bits per heavy atom. The Balaban J connectivity index is 1.53. The molecule has 0 aliphatic carbocycles. The monoisotopic (exact) mass is 350 g/mol. The number of nitrogens with zero attached hydrogens (tertiary/aromatic N) is 2. The van der Waals surface area contributed by atoms with Crippen LogP contribution in [0, 0.1) is 5.92 Å². The van der Waals surface area contributed by atoms with Gasteiger partial charge in [-0.25, -0.2) is 8.42 Å². The molecule has 0 spiro atoms. The van der Waals surface area contributed by atoms with E-state index in [9.17, 15) is 13.2 Å². The fraction of sp³-hybridized carbons (Fsp3) is 0.611. The third kappa shape index (κ3) is 3.98. The van der Waals surface area contributed by atoms with E-state index < -0.39 is 10.0 Å². The number of carbonyl (C=O) groups is 1. The summed E-state index contributed by atoms with van der Waals surface area (Å²) in [4.78, 5) is 14.7. The number of hydrogen-bond donors (Lipinski definition) is 0. The summed E-state index contributed by atoms with van der Waals surface area (Å²) in [5, 5.41) is 0. The molecule has 24 heavy (non-hydrogen) atoms. The van der Waals surface area contributed by atoms with E-state index in [1.165, 1.54) is 6.42 Å². The van der Waals surface area contributed by atoms with E-state index in [1.54, 1.807) is 28.6 Å². The summed E-state index contributed by atoms with van der Waals surface area (Å²) in [6.45, 7) is 2.80. The minimum absolute atomic E-state index is 0.249. The van der Waals surface area contributed by atoms with Gasteiger partial charge in [-0.1, -0.05) is 18.2 Å². The van der Waals surface area contributed by atoms with E-state index >= 15 is 0 Å². The van der Waals surface area contributed by atoms with Gasteiger partial charge < -0.3 is 4.90 Å². The molecule has 0 bridgehead atoms. The van der Waals surface area contributed by atoms with Crippen molar-refractivity contribution in [2.45, 2.75) is 43.4 Å². The molecule has 2 aliphatic heterocycles. The molecule has 2 heterocycles. The summed E-state index contributed by atoms with van der Waals surface area (Å²) < 4.78 is 26.8. The summed E-state index contributed by atoms with van der Waals surface area (Å²) in [5.41, 5.74) is 0. The molecular formula is C18H26N2O3S. The first kappa shape index (κ1) is 17.4. The Hall–Kier alpha value is -1.40. The Morgan fingerprint density at radius 2 is 1.58 bits per heavy atom. The van der Waals surface area contributed by atoms with Gasteiger partial charge in [-0.15, -0.1) is 0 Å². The van der Waals surface area contributed by atoms with Crippen molar-refractivity contribution in [1.29, 1.82) is 0 Å². The molecule has 6 heteroatoms. The molecule has 2 aliphatic rings. The fourth-order valence-corrected chi connectivity index (χ4v) is 5.11. The second kappa shape index (κ2) is 7.66. The maximum Gasteiger partial charge on any atom is 0.243 e. The molecule has 132 valence electrons. The van der Waals surface area contributed by atoms with Crippen molar-refractivity contribution in [3.05, 3.63) is 30.3 Å². The number of hydrogen-bond acceptors (Lipinski definition) is 3. The SMILES string of the molecule is O=C(CC1CCN(S(=O)(=O)c2ccccc2)CC1)N1CCCCC1. The number of carbonyl (C=O) groups excluding carboxylic acids is 1. The predicted molar refractivity (Wildman–Crippen MR) is 93.0 cm³/mol. The Morgan fingerprint density at radius 1 is 0.958 bits per heavy atom. The maximum absolute atomic E-state index is 12.6. The van der Waals surface area contributed by atoms with E-state index in [0.717, 1.165) is 38.8 Å². The molecule has 1 aromatic rings. The molecule has 1 amide bonds. The molecule has 5 nitrogen and oxygen atoms in total. The van der Waals surface area contributed by atoms with Crippen LogP contribution >= 0.6 is 0 Å². The highest BCUT2D eigenvalue weighted by molar-refractivity contribution is 7.89. The van der Waals surface area contributed by atoms with Gasteiger partial charge in [-0.05, 0) is 50.2 Å². The van der Waals surface area contributed by atoms with Gasteiger partial charge >= 0.3 is 0 Å². The molecule has 0 unspecified atom stereocenters. The molecule has 0 saturated carbocycles. The number of benzene rings is 1. The molecule has 2 saturated heterocycles. The van der Waals surface area contributed by atoms with Gasteiger partial charge in [0.2, 0.25) is 15.9 Å². The van der Waals surface area contributed by atoms with Crippen LogP contribution in [0.3, 0.4) is 0 Å². The van der Waals surface area contributed by atoms with Crippen LogP contribution in [0.5, 0.6) is 0 Å². The number of sulfonamides is 1. The lowest BCUT2D eigenvalue weighted by Gasteiger charge is -2.33. The molecule has 2 fully saturated rings. The normalized spacial score (nSPS) is 20.9. The van der Waals surface area contributed by atoms with Crippen molar-refractivity contribution >= 4 is 15.9 Å². The third-order valence-corrected chi connectivity index (χ3v) is 7.04. The lowest BCUT2D eigenvalue weighted by atomic mass is 9.93. The topological polar surface area (TPSA) is 57.7 Å². The second-order valence-corrected chi connectivity index (χ2v) is 8.74.